The van der Waals surface area contributed by atoms with Crippen LogP contribution in [0.2, 0.25) is 0 Å². The van der Waals surface area contributed by atoms with E-state index in [0.29, 0.717) is 36.7 Å². The maximum absolute atomic E-state index is 13.0. The maximum Gasteiger partial charge on any atom is 0.268 e. The third-order valence-corrected chi connectivity index (χ3v) is 5.63. The summed E-state index contributed by atoms with van der Waals surface area (Å²) in [4.78, 5) is 14.7. The van der Waals surface area contributed by atoms with Gasteiger partial charge in [0.25, 0.3) is 5.91 Å². The molecule has 2 aliphatic rings. The second-order valence-corrected chi connectivity index (χ2v) is 8.25. The van der Waals surface area contributed by atoms with Crippen LogP contribution in [0.25, 0.3) is 0 Å². The predicted molar refractivity (Wildman–Crippen MR) is 119 cm³/mol. The van der Waals surface area contributed by atoms with Crippen molar-refractivity contribution in [2.24, 2.45) is 0 Å². The lowest BCUT2D eigenvalue weighted by atomic mass is 9.98. The molecule has 1 aliphatic heterocycles. The molecule has 160 valence electrons. The first-order chi connectivity index (χ1) is 14.4. The van der Waals surface area contributed by atoms with Gasteiger partial charge in [0, 0.05) is 12.7 Å². The molecule has 1 aromatic rings. The zero-order chi connectivity index (χ0) is 21.6. The van der Waals surface area contributed by atoms with Crippen molar-refractivity contribution in [2.45, 2.75) is 58.2 Å². The van der Waals surface area contributed by atoms with E-state index in [4.69, 9.17) is 4.74 Å². The number of nitrogens with one attached hydrogen (secondary N) is 1. The Morgan fingerprint density at radius 3 is 2.60 bits per heavy atom. The van der Waals surface area contributed by atoms with Crippen molar-refractivity contribution in [2.75, 3.05) is 6.54 Å². The molecule has 0 bridgehead atoms. The van der Waals surface area contributed by atoms with E-state index in [1.165, 1.54) is 0 Å². The molecule has 0 saturated heterocycles. The van der Waals surface area contributed by atoms with Gasteiger partial charge in [0.2, 0.25) is 0 Å². The molecule has 1 saturated carbocycles. The fourth-order valence-electron chi connectivity index (χ4n) is 3.95. The van der Waals surface area contributed by atoms with Gasteiger partial charge < -0.3 is 20.1 Å². The van der Waals surface area contributed by atoms with Crippen molar-refractivity contribution in [3.05, 3.63) is 83.6 Å². The zero-order valence-corrected chi connectivity index (χ0v) is 18.0. The number of hydrogen-bond donors (Lipinski definition) is 2. The predicted octanol–water partition coefficient (Wildman–Crippen LogP) is 4.54. The van der Waals surface area contributed by atoms with E-state index in [1.54, 1.807) is 4.90 Å². The SMILES string of the molecule is C=C1C(OCc2ccccc2)=CC=CN1C(C(=O)NCCC1(O)CCCC1)=C(C)C. The average Bonchev–Trinajstić information content (AvgIpc) is 3.15. The third kappa shape index (κ3) is 5.42. The van der Waals surface area contributed by atoms with E-state index in [1.807, 2.05) is 62.5 Å². The fourth-order valence-corrected chi connectivity index (χ4v) is 3.95. The maximum atomic E-state index is 13.0. The molecule has 1 heterocycles. The Morgan fingerprint density at radius 2 is 1.93 bits per heavy atom. The van der Waals surface area contributed by atoms with Gasteiger partial charge in [-0.1, -0.05) is 49.8 Å². The number of amides is 1. The Kier molecular flexibility index (Phi) is 7.16. The van der Waals surface area contributed by atoms with Gasteiger partial charge in [-0.2, -0.15) is 0 Å². The summed E-state index contributed by atoms with van der Waals surface area (Å²) < 4.78 is 5.96. The normalized spacial score (nSPS) is 17.5. The summed E-state index contributed by atoms with van der Waals surface area (Å²) in [5.74, 6) is 0.458. The summed E-state index contributed by atoms with van der Waals surface area (Å²) in [5, 5.41) is 13.5. The first-order valence-corrected chi connectivity index (χ1v) is 10.6. The highest BCUT2D eigenvalue weighted by Crippen LogP contribution is 2.32. The van der Waals surface area contributed by atoms with Crippen LogP contribution in [0.15, 0.2) is 78.0 Å². The minimum atomic E-state index is -0.631. The zero-order valence-electron chi connectivity index (χ0n) is 18.0. The molecule has 0 radical (unpaired) electrons. The number of allylic oxidation sites excluding steroid dienone is 3. The van der Waals surface area contributed by atoms with Gasteiger partial charge >= 0.3 is 0 Å². The fraction of sp³-hybridized carbons (Fsp3) is 0.400. The highest BCUT2D eigenvalue weighted by Gasteiger charge is 2.31. The van der Waals surface area contributed by atoms with Gasteiger partial charge in [0.05, 0.1) is 11.3 Å². The van der Waals surface area contributed by atoms with Crippen molar-refractivity contribution in [1.82, 2.24) is 10.2 Å². The van der Waals surface area contributed by atoms with Crippen LogP contribution in [0.4, 0.5) is 0 Å². The van der Waals surface area contributed by atoms with E-state index in [0.717, 1.165) is 36.8 Å². The van der Waals surface area contributed by atoms with Gasteiger partial charge in [0.15, 0.2) is 0 Å². The Balaban J connectivity index is 1.62. The lowest BCUT2D eigenvalue weighted by Crippen LogP contribution is -2.37. The van der Waals surface area contributed by atoms with E-state index < -0.39 is 5.60 Å². The summed E-state index contributed by atoms with van der Waals surface area (Å²) in [6, 6.07) is 9.93. The van der Waals surface area contributed by atoms with Crippen LogP contribution >= 0.6 is 0 Å². The minimum Gasteiger partial charge on any atom is -0.487 e. The van der Waals surface area contributed by atoms with E-state index in [2.05, 4.69) is 11.9 Å². The largest absolute Gasteiger partial charge is 0.487 e. The quantitative estimate of drug-likeness (QED) is 0.620. The standard InChI is InChI=1S/C25H32N2O3/c1-19(2)23(24(28)26-16-15-25(29)13-7-8-14-25)27-17-9-12-22(20(27)3)30-18-21-10-5-4-6-11-21/h4-6,9-12,17,29H,3,7-8,13-16,18H2,1-2H3,(H,26,28). The summed E-state index contributed by atoms with van der Waals surface area (Å²) >= 11 is 0. The smallest absolute Gasteiger partial charge is 0.268 e. The second kappa shape index (κ2) is 9.81. The lowest BCUT2D eigenvalue weighted by Gasteiger charge is -2.30. The van der Waals surface area contributed by atoms with Crippen molar-refractivity contribution in [1.29, 1.82) is 0 Å². The summed E-state index contributed by atoms with van der Waals surface area (Å²) in [7, 11) is 0. The van der Waals surface area contributed by atoms with Crippen LogP contribution in [0.3, 0.4) is 0 Å². The second-order valence-electron chi connectivity index (χ2n) is 8.25. The van der Waals surface area contributed by atoms with Crippen molar-refractivity contribution >= 4 is 5.91 Å². The van der Waals surface area contributed by atoms with E-state index in [-0.39, 0.29) is 5.91 Å². The van der Waals surface area contributed by atoms with Gasteiger partial charge in [-0.25, -0.2) is 0 Å². The van der Waals surface area contributed by atoms with Crippen LogP contribution in [-0.4, -0.2) is 28.1 Å². The number of ether oxygens (including phenoxy) is 1. The molecule has 3 rings (SSSR count). The molecule has 5 nitrogen and oxygen atoms in total. The number of carbonyl (C=O) groups excluding carboxylic acids is 1. The molecule has 5 heteroatoms. The first kappa shape index (κ1) is 21.9. The number of nitrogens with zero attached hydrogens (tertiary/aromatic N) is 1. The van der Waals surface area contributed by atoms with Gasteiger partial charge in [0.1, 0.15) is 18.1 Å². The lowest BCUT2D eigenvalue weighted by molar-refractivity contribution is -0.118. The number of rotatable bonds is 8. The first-order valence-electron chi connectivity index (χ1n) is 10.6. The van der Waals surface area contributed by atoms with Crippen LogP contribution in [0, 0.1) is 0 Å². The van der Waals surface area contributed by atoms with Gasteiger partial charge in [-0.05, 0) is 56.4 Å². The molecule has 1 aromatic carbocycles. The Bertz CT molecular complexity index is 858. The molecule has 0 spiro atoms. The Labute approximate surface area is 179 Å². The van der Waals surface area contributed by atoms with E-state index in [9.17, 15) is 9.90 Å². The molecule has 1 amide bonds. The molecular weight excluding hydrogens is 376 g/mol. The number of hydrogen-bond acceptors (Lipinski definition) is 4. The van der Waals surface area contributed by atoms with Crippen LogP contribution in [0.5, 0.6) is 0 Å². The summed E-state index contributed by atoms with van der Waals surface area (Å²) in [6.07, 6.45) is 9.86. The highest BCUT2D eigenvalue weighted by atomic mass is 16.5. The molecule has 2 N–H and O–H groups in total. The van der Waals surface area contributed by atoms with Crippen LogP contribution in [-0.2, 0) is 16.1 Å². The molecular formula is C25H32N2O3. The average molecular weight is 409 g/mol. The van der Waals surface area contributed by atoms with Crippen LogP contribution in [0.1, 0.15) is 51.5 Å². The van der Waals surface area contributed by atoms with Crippen molar-refractivity contribution < 1.29 is 14.6 Å². The number of benzene rings is 1. The Morgan fingerprint density at radius 1 is 1.23 bits per heavy atom. The molecule has 1 aliphatic carbocycles. The van der Waals surface area contributed by atoms with Crippen LogP contribution < -0.4 is 5.32 Å². The molecule has 30 heavy (non-hydrogen) atoms. The van der Waals surface area contributed by atoms with Crippen molar-refractivity contribution in [3.8, 4) is 0 Å². The van der Waals surface area contributed by atoms with Gasteiger partial charge in [-0.15, -0.1) is 0 Å². The molecule has 0 aromatic heterocycles. The van der Waals surface area contributed by atoms with Crippen molar-refractivity contribution in [3.63, 3.8) is 0 Å². The molecule has 0 atom stereocenters. The minimum absolute atomic E-state index is 0.174. The topological polar surface area (TPSA) is 61.8 Å². The summed E-state index contributed by atoms with van der Waals surface area (Å²) in [5.41, 5.74) is 2.46. The third-order valence-electron chi connectivity index (χ3n) is 5.63. The summed E-state index contributed by atoms with van der Waals surface area (Å²) in [6.45, 7) is 8.85. The van der Waals surface area contributed by atoms with Gasteiger partial charge in [-0.3, -0.25) is 4.79 Å². The number of carbonyl (C=O) groups is 1. The Hall–Kier alpha value is -2.79. The highest BCUT2D eigenvalue weighted by molar-refractivity contribution is 5.94. The van der Waals surface area contributed by atoms with E-state index >= 15 is 0 Å². The number of aliphatic hydroxyl groups is 1. The molecule has 0 unspecified atom stereocenters. The molecule has 1 fully saturated rings. The monoisotopic (exact) mass is 408 g/mol.